The molecular weight excluding hydrogens is 326 g/mol. The molecule has 1 aliphatic rings. The lowest BCUT2D eigenvalue weighted by Gasteiger charge is -2.10. The molecule has 1 aliphatic heterocycles. The predicted molar refractivity (Wildman–Crippen MR) is 81.2 cm³/mol. The van der Waals surface area contributed by atoms with Gasteiger partial charge < -0.3 is 9.73 Å². The third-order valence-corrected chi connectivity index (χ3v) is 4.54. The number of halogens is 1. The molecule has 0 spiro atoms. The van der Waals surface area contributed by atoms with Crippen molar-refractivity contribution in [2.75, 3.05) is 11.9 Å². The number of furan rings is 1. The Balaban J connectivity index is 2.05. The molecule has 0 aliphatic carbocycles. The van der Waals surface area contributed by atoms with Crippen LogP contribution in [0.25, 0.3) is 11.6 Å². The zero-order valence-corrected chi connectivity index (χ0v) is 13.0. The molecular formula is C13H14BrN3OS. The van der Waals surface area contributed by atoms with Gasteiger partial charge in [-0.25, -0.2) is 9.97 Å². The van der Waals surface area contributed by atoms with Gasteiger partial charge in [0.2, 0.25) is 0 Å². The molecule has 1 N–H and O–H groups in total. The molecule has 100 valence electrons. The summed E-state index contributed by atoms with van der Waals surface area (Å²) >= 11 is 5.34. The molecule has 0 bridgehead atoms. The maximum atomic E-state index is 5.46. The first kappa shape index (κ1) is 13.0. The average molecular weight is 340 g/mol. The highest BCUT2D eigenvalue weighted by molar-refractivity contribution is 9.10. The van der Waals surface area contributed by atoms with Crippen LogP contribution in [0.1, 0.15) is 24.6 Å². The van der Waals surface area contributed by atoms with Crippen LogP contribution in [-0.2, 0) is 11.5 Å². The lowest BCUT2D eigenvalue weighted by molar-refractivity contribution is 0.575. The summed E-state index contributed by atoms with van der Waals surface area (Å²) in [5, 5.41) is 3.40. The predicted octanol–water partition coefficient (Wildman–Crippen LogP) is 4.07. The van der Waals surface area contributed by atoms with Crippen molar-refractivity contribution in [3.05, 3.63) is 28.1 Å². The van der Waals surface area contributed by atoms with Crippen molar-refractivity contribution in [3.8, 4) is 11.6 Å². The zero-order chi connectivity index (χ0) is 13.2. The number of nitrogens with one attached hydrogen (secondary N) is 1. The SMILES string of the molecule is CCCNc1nc(-c2occc2Br)nc2c1CSC2. The summed E-state index contributed by atoms with van der Waals surface area (Å²) in [6.07, 6.45) is 2.72. The number of hydrogen-bond donors (Lipinski definition) is 1. The second-order valence-electron chi connectivity index (χ2n) is 4.34. The molecule has 0 atom stereocenters. The second kappa shape index (κ2) is 5.54. The van der Waals surface area contributed by atoms with E-state index in [2.05, 4.69) is 38.1 Å². The van der Waals surface area contributed by atoms with E-state index in [1.54, 1.807) is 6.26 Å². The molecule has 2 aromatic heterocycles. The lowest BCUT2D eigenvalue weighted by atomic mass is 10.2. The number of aromatic nitrogens is 2. The maximum absolute atomic E-state index is 5.46. The van der Waals surface area contributed by atoms with Gasteiger partial charge in [0.25, 0.3) is 0 Å². The van der Waals surface area contributed by atoms with Crippen LogP contribution in [0.15, 0.2) is 21.2 Å². The van der Waals surface area contributed by atoms with Crippen molar-refractivity contribution in [1.82, 2.24) is 9.97 Å². The van der Waals surface area contributed by atoms with Crippen molar-refractivity contribution < 1.29 is 4.42 Å². The van der Waals surface area contributed by atoms with E-state index < -0.39 is 0 Å². The number of hydrogen-bond acceptors (Lipinski definition) is 5. The van der Waals surface area contributed by atoms with Gasteiger partial charge in [-0.2, -0.15) is 11.8 Å². The van der Waals surface area contributed by atoms with Crippen LogP contribution in [0, 0.1) is 0 Å². The monoisotopic (exact) mass is 339 g/mol. The van der Waals surface area contributed by atoms with Gasteiger partial charge >= 0.3 is 0 Å². The Morgan fingerprint density at radius 1 is 1.42 bits per heavy atom. The van der Waals surface area contributed by atoms with E-state index in [-0.39, 0.29) is 0 Å². The van der Waals surface area contributed by atoms with Crippen molar-refractivity contribution >= 4 is 33.5 Å². The van der Waals surface area contributed by atoms with Crippen LogP contribution in [-0.4, -0.2) is 16.5 Å². The smallest absolute Gasteiger partial charge is 0.199 e. The lowest BCUT2D eigenvalue weighted by Crippen LogP contribution is -2.08. The molecule has 6 heteroatoms. The van der Waals surface area contributed by atoms with Crippen molar-refractivity contribution in [3.63, 3.8) is 0 Å². The first-order valence-electron chi connectivity index (χ1n) is 6.24. The van der Waals surface area contributed by atoms with Crippen molar-refractivity contribution in [1.29, 1.82) is 0 Å². The van der Waals surface area contributed by atoms with Gasteiger partial charge in [0.15, 0.2) is 11.6 Å². The molecule has 2 aromatic rings. The fourth-order valence-electron chi connectivity index (χ4n) is 2.00. The number of fused-ring (bicyclic) bond motifs is 1. The fourth-order valence-corrected chi connectivity index (χ4v) is 3.42. The Hall–Kier alpha value is -1.01. The molecule has 0 saturated carbocycles. The van der Waals surface area contributed by atoms with Crippen LogP contribution in [0.5, 0.6) is 0 Å². The Labute approximate surface area is 124 Å². The van der Waals surface area contributed by atoms with Crippen LogP contribution < -0.4 is 5.32 Å². The van der Waals surface area contributed by atoms with Gasteiger partial charge in [0.05, 0.1) is 16.4 Å². The van der Waals surface area contributed by atoms with Crippen molar-refractivity contribution in [2.45, 2.75) is 24.9 Å². The van der Waals surface area contributed by atoms with E-state index in [9.17, 15) is 0 Å². The highest BCUT2D eigenvalue weighted by Crippen LogP contribution is 2.36. The summed E-state index contributed by atoms with van der Waals surface area (Å²) in [6, 6.07) is 1.86. The zero-order valence-electron chi connectivity index (χ0n) is 10.6. The number of thioether (sulfide) groups is 1. The topological polar surface area (TPSA) is 51.0 Å². The highest BCUT2D eigenvalue weighted by Gasteiger charge is 2.21. The molecule has 0 aromatic carbocycles. The number of rotatable bonds is 4. The van der Waals surface area contributed by atoms with Gasteiger partial charge in [-0.05, 0) is 28.4 Å². The molecule has 0 unspecified atom stereocenters. The van der Waals surface area contributed by atoms with Gasteiger partial charge in [-0.15, -0.1) is 0 Å². The summed E-state index contributed by atoms with van der Waals surface area (Å²) in [4.78, 5) is 9.26. The Morgan fingerprint density at radius 3 is 3.05 bits per heavy atom. The molecule has 0 saturated heterocycles. The van der Waals surface area contributed by atoms with Gasteiger partial charge in [0, 0.05) is 23.6 Å². The standard InChI is InChI=1S/C13H14BrN3OS/c1-2-4-15-12-8-6-19-7-10(8)16-13(17-12)11-9(14)3-5-18-11/h3,5H,2,4,6-7H2,1H3,(H,15,16,17). The Kier molecular flexibility index (Phi) is 3.79. The molecule has 0 fully saturated rings. The minimum Gasteiger partial charge on any atom is -0.460 e. The third-order valence-electron chi connectivity index (χ3n) is 2.94. The summed E-state index contributed by atoms with van der Waals surface area (Å²) in [7, 11) is 0. The number of nitrogens with zero attached hydrogens (tertiary/aromatic N) is 2. The largest absolute Gasteiger partial charge is 0.460 e. The van der Waals surface area contributed by atoms with Gasteiger partial charge in [0.1, 0.15) is 5.82 Å². The van der Waals surface area contributed by atoms with E-state index in [4.69, 9.17) is 4.42 Å². The quantitative estimate of drug-likeness (QED) is 0.909. The molecule has 19 heavy (non-hydrogen) atoms. The molecule has 4 nitrogen and oxygen atoms in total. The van der Waals surface area contributed by atoms with Crippen molar-refractivity contribution in [2.24, 2.45) is 0 Å². The third kappa shape index (κ3) is 2.51. The van der Waals surface area contributed by atoms with E-state index in [1.807, 2.05) is 17.8 Å². The molecule has 3 rings (SSSR count). The normalized spacial score (nSPS) is 13.6. The maximum Gasteiger partial charge on any atom is 0.199 e. The van der Waals surface area contributed by atoms with Crippen LogP contribution >= 0.6 is 27.7 Å². The average Bonchev–Trinajstić information content (AvgIpc) is 3.03. The minimum absolute atomic E-state index is 0.650. The van der Waals surface area contributed by atoms with Gasteiger partial charge in [-0.3, -0.25) is 0 Å². The first-order chi connectivity index (χ1) is 9.29. The summed E-state index contributed by atoms with van der Waals surface area (Å²) in [6.45, 7) is 3.07. The summed E-state index contributed by atoms with van der Waals surface area (Å²) in [5.41, 5.74) is 2.36. The van der Waals surface area contributed by atoms with Crippen LogP contribution in [0.2, 0.25) is 0 Å². The summed E-state index contributed by atoms with van der Waals surface area (Å²) in [5.74, 6) is 4.23. The molecule has 0 amide bonds. The van der Waals surface area contributed by atoms with Crippen LogP contribution in [0.4, 0.5) is 5.82 Å². The first-order valence-corrected chi connectivity index (χ1v) is 8.19. The molecule has 3 heterocycles. The fraction of sp³-hybridized carbons (Fsp3) is 0.385. The van der Waals surface area contributed by atoms with E-state index >= 15 is 0 Å². The molecule has 0 radical (unpaired) electrons. The van der Waals surface area contributed by atoms with E-state index in [1.165, 1.54) is 5.56 Å². The van der Waals surface area contributed by atoms with Crippen LogP contribution in [0.3, 0.4) is 0 Å². The van der Waals surface area contributed by atoms with Gasteiger partial charge in [-0.1, -0.05) is 6.92 Å². The highest BCUT2D eigenvalue weighted by atomic mass is 79.9. The van der Waals surface area contributed by atoms with E-state index in [0.717, 1.165) is 40.5 Å². The Bertz CT molecular complexity index is 600. The summed E-state index contributed by atoms with van der Waals surface area (Å²) < 4.78 is 6.35. The minimum atomic E-state index is 0.650. The van der Waals surface area contributed by atoms with E-state index in [0.29, 0.717) is 11.6 Å². The Morgan fingerprint density at radius 2 is 2.32 bits per heavy atom. The number of anilines is 1. The second-order valence-corrected chi connectivity index (χ2v) is 6.18.